The molecule has 6 heteroatoms. The summed E-state index contributed by atoms with van der Waals surface area (Å²) in [6.45, 7) is 2.83. The minimum absolute atomic E-state index is 0.0277. The fourth-order valence-corrected chi connectivity index (χ4v) is 2.69. The van der Waals surface area contributed by atoms with Crippen LogP contribution in [0.4, 0.5) is 5.69 Å². The van der Waals surface area contributed by atoms with Crippen LogP contribution in [0.2, 0.25) is 0 Å². The topological polar surface area (TPSA) is 75.1 Å². The highest BCUT2D eigenvalue weighted by molar-refractivity contribution is 7.98. The number of carboxylic acids is 1. The van der Waals surface area contributed by atoms with Crippen LogP contribution < -0.4 is 5.32 Å². The fraction of sp³-hybridized carbons (Fsp3) is 0.357. The van der Waals surface area contributed by atoms with E-state index < -0.39 is 5.97 Å². The molecule has 0 aliphatic heterocycles. The van der Waals surface area contributed by atoms with Crippen LogP contribution in [0, 0.1) is 5.92 Å². The number of carboxylic acid groups (broad SMARTS) is 1. The number of aromatic nitrogens is 2. The Morgan fingerprint density at radius 3 is 2.85 bits per heavy atom. The molecule has 5 nitrogen and oxygen atoms in total. The number of aromatic carboxylic acids is 1. The Morgan fingerprint density at radius 2 is 2.15 bits per heavy atom. The van der Waals surface area contributed by atoms with E-state index in [0.29, 0.717) is 23.7 Å². The van der Waals surface area contributed by atoms with E-state index in [9.17, 15) is 9.90 Å². The third-order valence-corrected chi connectivity index (χ3v) is 3.85. The van der Waals surface area contributed by atoms with Crippen molar-refractivity contribution in [3.63, 3.8) is 0 Å². The first-order chi connectivity index (χ1) is 9.63. The van der Waals surface area contributed by atoms with Crippen molar-refractivity contribution in [2.24, 2.45) is 5.92 Å². The van der Waals surface area contributed by atoms with E-state index in [1.165, 1.54) is 0 Å². The highest BCUT2D eigenvalue weighted by atomic mass is 32.2. The van der Waals surface area contributed by atoms with Crippen molar-refractivity contribution in [2.45, 2.75) is 6.92 Å². The lowest BCUT2D eigenvalue weighted by Gasteiger charge is -2.15. The Kier molecular flexibility index (Phi) is 4.79. The van der Waals surface area contributed by atoms with Crippen LogP contribution in [-0.2, 0) is 0 Å². The van der Waals surface area contributed by atoms with Crippen molar-refractivity contribution in [1.82, 2.24) is 10.2 Å². The number of hydrogen-bond donors (Lipinski definition) is 2. The van der Waals surface area contributed by atoms with Crippen molar-refractivity contribution >= 4 is 34.3 Å². The Hall–Kier alpha value is -1.82. The number of fused-ring (bicyclic) bond motifs is 1. The second-order valence-corrected chi connectivity index (χ2v) is 5.60. The molecule has 0 saturated heterocycles. The van der Waals surface area contributed by atoms with Crippen molar-refractivity contribution in [3.05, 3.63) is 30.0 Å². The highest BCUT2D eigenvalue weighted by Gasteiger charge is 2.16. The monoisotopic (exact) mass is 291 g/mol. The van der Waals surface area contributed by atoms with Gasteiger partial charge in [0.1, 0.15) is 0 Å². The number of nitrogens with one attached hydrogen (secondary N) is 1. The molecule has 1 unspecified atom stereocenters. The number of carbonyl (C=O) groups is 1. The molecule has 0 bridgehead atoms. The zero-order valence-electron chi connectivity index (χ0n) is 11.5. The summed E-state index contributed by atoms with van der Waals surface area (Å²) in [5, 5.41) is 21.0. The maximum absolute atomic E-state index is 11.3. The molecule has 1 aromatic carbocycles. The Morgan fingerprint density at radius 1 is 1.40 bits per heavy atom. The smallest absolute Gasteiger partial charge is 0.358 e. The summed E-state index contributed by atoms with van der Waals surface area (Å²) in [5.74, 6) is 0.396. The van der Waals surface area contributed by atoms with Crippen molar-refractivity contribution in [3.8, 4) is 0 Å². The molecule has 0 spiro atoms. The van der Waals surface area contributed by atoms with Gasteiger partial charge in [0.15, 0.2) is 5.69 Å². The van der Waals surface area contributed by atoms with Gasteiger partial charge in [0, 0.05) is 11.9 Å². The zero-order valence-corrected chi connectivity index (χ0v) is 12.3. The molecule has 1 aromatic heterocycles. The van der Waals surface area contributed by atoms with E-state index in [2.05, 4.69) is 28.7 Å². The summed E-state index contributed by atoms with van der Waals surface area (Å²) in [6.07, 6.45) is 2.06. The number of benzene rings is 1. The second-order valence-electron chi connectivity index (χ2n) is 4.69. The number of hydrogen-bond acceptors (Lipinski definition) is 5. The van der Waals surface area contributed by atoms with E-state index >= 15 is 0 Å². The van der Waals surface area contributed by atoms with Gasteiger partial charge in [-0.15, -0.1) is 10.2 Å². The first-order valence-electron chi connectivity index (χ1n) is 6.35. The maximum Gasteiger partial charge on any atom is 0.358 e. The van der Waals surface area contributed by atoms with Crippen LogP contribution in [0.15, 0.2) is 24.3 Å². The fourth-order valence-electron chi connectivity index (χ4n) is 2.00. The van der Waals surface area contributed by atoms with Crippen molar-refractivity contribution < 1.29 is 9.90 Å². The normalized spacial score (nSPS) is 12.3. The van der Waals surface area contributed by atoms with Gasteiger partial charge in [0.2, 0.25) is 0 Å². The van der Waals surface area contributed by atoms with Crippen LogP contribution in [0.3, 0.4) is 0 Å². The van der Waals surface area contributed by atoms with Crippen molar-refractivity contribution in [2.75, 3.05) is 23.9 Å². The summed E-state index contributed by atoms with van der Waals surface area (Å²) in [5.41, 5.74) is 1.22. The van der Waals surface area contributed by atoms with E-state index in [1.54, 1.807) is 11.8 Å². The van der Waals surface area contributed by atoms with E-state index in [1.807, 2.05) is 24.3 Å². The number of rotatable bonds is 6. The first-order valence-corrected chi connectivity index (χ1v) is 7.74. The third-order valence-electron chi connectivity index (χ3n) is 2.95. The molecule has 0 aliphatic rings. The summed E-state index contributed by atoms with van der Waals surface area (Å²) in [7, 11) is 0. The number of anilines is 1. The standard InChI is InChI=1S/C14H17N3O2S/c1-9(8-20-2)7-15-12-10-5-3-4-6-11(10)16-17-13(12)14(18)19/h3-6,9H,7-8H2,1-2H3,(H,15,16)(H,18,19). The zero-order chi connectivity index (χ0) is 14.5. The Balaban J connectivity index is 2.37. The van der Waals surface area contributed by atoms with E-state index in [0.717, 1.165) is 11.1 Å². The lowest BCUT2D eigenvalue weighted by atomic mass is 10.1. The van der Waals surface area contributed by atoms with Gasteiger partial charge in [-0.1, -0.05) is 25.1 Å². The molecule has 0 fully saturated rings. The largest absolute Gasteiger partial charge is 0.476 e. The SMILES string of the molecule is CSCC(C)CNc1c(C(=O)O)nnc2ccccc12. The Labute approximate surface area is 121 Å². The van der Waals surface area contributed by atoms with Gasteiger partial charge in [-0.2, -0.15) is 11.8 Å². The summed E-state index contributed by atoms with van der Waals surface area (Å²) in [4.78, 5) is 11.3. The molecule has 106 valence electrons. The Bertz CT molecular complexity index is 618. The summed E-state index contributed by atoms with van der Waals surface area (Å²) < 4.78 is 0. The van der Waals surface area contributed by atoms with Gasteiger partial charge in [-0.25, -0.2) is 4.79 Å². The molecule has 0 amide bonds. The molecule has 2 N–H and O–H groups in total. The molecule has 1 heterocycles. The molecule has 2 aromatic rings. The van der Waals surface area contributed by atoms with Crippen LogP contribution >= 0.6 is 11.8 Å². The quantitative estimate of drug-likeness (QED) is 0.852. The lowest BCUT2D eigenvalue weighted by Crippen LogP contribution is -2.17. The number of nitrogens with zero attached hydrogens (tertiary/aromatic N) is 2. The minimum Gasteiger partial charge on any atom is -0.476 e. The molecule has 2 rings (SSSR count). The molecule has 0 radical (unpaired) electrons. The average Bonchev–Trinajstić information content (AvgIpc) is 2.44. The molecule has 0 aliphatic carbocycles. The second kappa shape index (κ2) is 6.56. The van der Waals surface area contributed by atoms with Gasteiger partial charge >= 0.3 is 5.97 Å². The number of thioether (sulfide) groups is 1. The van der Waals surface area contributed by atoms with Gasteiger partial charge in [0.05, 0.1) is 11.2 Å². The molecule has 1 atom stereocenters. The third kappa shape index (κ3) is 3.19. The van der Waals surface area contributed by atoms with Crippen LogP contribution in [0.5, 0.6) is 0 Å². The van der Waals surface area contributed by atoms with Gasteiger partial charge in [0.25, 0.3) is 0 Å². The molecular formula is C14H17N3O2S. The molecule has 20 heavy (non-hydrogen) atoms. The average molecular weight is 291 g/mol. The van der Waals surface area contributed by atoms with Gasteiger partial charge in [-0.3, -0.25) is 0 Å². The van der Waals surface area contributed by atoms with Gasteiger partial charge in [-0.05, 0) is 24.0 Å². The first kappa shape index (κ1) is 14.6. The lowest BCUT2D eigenvalue weighted by molar-refractivity contribution is 0.0690. The van der Waals surface area contributed by atoms with Crippen LogP contribution in [-0.4, -0.2) is 39.8 Å². The maximum atomic E-state index is 11.3. The summed E-state index contributed by atoms with van der Waals surface area (Å²) >= 11 is 1.77. The predicted molar refractivity (Wildman–Crippen MR) is 82.5 cm³/mol. The molecular weight excluding hydrogens is 274 g/mol. The van der Waals surface area contributed by atoms with Crippen LogP contribution in [0.25, 0.3) is 10.9 Å². The highest BCUT2D eigenvalue weighted by Crippen LogP contribution is 2.24. The van der Waals surface area contributed by atoms with Crippen LogP contribution in [0.1, 0.15) is 17.4 Å². The minimum atomic E-state index is -1.07. The van der Waals surface area contributed by atoms with Gasteiger partial charge < -0.3 is 10.4 Å². The predicted octanol–water partition coefficient (Wildman–Crippen LogP) is 2.74. The van der Waals surface area contributed by atoms with Crippen molar-refractivity contribution in [1.29, 1.82) is 0 Å². The van der Waals surface area contributed by atoms with E-state index in [4.69, 9.17) is 0 Å². The molecule has 0 saturated carbocycles. The summed E-state index contributed by atoms with van der Waals surface area (Å²) in [6, 6.07) is 7.41. The van der Waals surface area contributed by atoms with E-state index in [-0.39, 0.29) is 5.69 Å².